The number of rotatable bonds is 46. The molecule has 0 aromatic carbocycles. The molecule has 19 nitrogen and oxygen atoms in total. The van der Waals surface area contributed by atoms with Gasteiger partial charge in [-0.3, -0.25) is 4.79 Å². The zero-order valence-electron chi connectivity index (χ0n) is 51.9. The second kappa shape index (κ2) is 49.0. The molecule has 12 N–H and O–H groups in total. The van der Waals surface area contributed by atoms with Crippen molar-refractivity contribution in [2.75, 3.05) is 26.4 Å². The molecule has 87 heavy (non-hydrogen) atoms. The van der Waals surface area contributed by atoms with E-state index in [-0.39, 0.29) is 18.9 Å². The molecule has 3 aliphatic rings. The Labute approximate surface area is 518 Å². The fourth-order valence-electron chi connectivity index (χ4n) is 10.0. The standard InChI is InChI=1S/C68H111NO18/c1-3-5-7-9-11-13-14-15-16-17-18-19-20-21-22-23-24-25-26-27-28-29-30-31-32-33-34-35-36-38-40-42-44-46-56(74)69-51(52(73)45-43-41-39-37-12-10-8-6-4-2)50-82-66-62(80)59(77)64(54(48-71)84-66)87-68-63(81)60(78)65(55(49-72)85-68)86-67-61(79)58(76)57(75)53(47-70)83-67/h5,7,11,13,15-16,18-19,21-22,24-25,27-28,30-31,33-34,43,45,51-55,57-68,70-73,75-81H,3-4,6,8-10,12,14,17,20,23,26,29,32,35-42,44,46-50H2,1-2H3,(H,69,74)/b7-5-,13-11-,16-15-,19-18-,22-21-,25-24-,28-27-,31-30-,34-33-,45-43+. The van der Waals surface area contributed by atoms with Crippen LogP contribution in [0.1, 0.15) is 168 Å². The van der Waals surface area contributed by atoms with Gasteiger partial charge >= 0.3 is 0 Å². The highest BCUT2D eigenvalue weighted by Crippen LogP contribution is 2.33. The Morgan fingerprint density at radius 3 is 1.24 bits per heavy atom. The quantitative estimate of drug-likeness (QED) is 0.0211. The summed E-state index contributed by atoms with van der Waals surface area (Å²) in [5.41, 5.74) is 0. The van der Waals surface area contributed by atoms with E-state index in [0.29, 0.717) is 6.42 Å². The van der Waals surface area contributed by atoms with Crippen LogP contribution in [-0.2, 0) is 33.2 Å². The predicted octanol–water partition coefficient (Wildman–Crippen LogP) is 7.26. The lowest BCUT2D eigenvalue weighted by molar-refractivity contribution is -0.379. The second-order valence-electron chi connectivity index (χ2n) is 22.5. The van der Waals surface area contributed by atoms with Gasteiger partial charge in [0.1, 0.15) is 73.2 Å². The molecule has 19 heteroatoms. The highest BCUT2D eigenvalue weighted by molar-refractivity contribution is 5.76. The van der Waals surface area contributed by atoms with Crippen molar-refractivity contribution in [3.05, 3.63) is 122 Å². The van der Waals surface area contributed by atoms with E-state index in [0.717, 1.165) is 116 Å². The minimum absolute atomic E-state index is 0.212. The van der Waals surface area contributed by atoms with E-state index in [1.165, 1.54) is 25.7 Å². The number of hydrogen-bond acceptors (Lipinski definition) is 18. The molecular weight excluding hydrogens is 1120 g/mol. The molecule has 17 unspecified atom stereocenters. The predicted molar refractivity (Wildman–Crippen MR) is 336 cm³/mol. The summed E-state index contributed by atoms with van der Waals surface area (Å²) in [5, 5.41) is 120. The number of hydrogen-bond donors (Lipinski definition) is 12. The Bertz CT molecular complexity index is 2050. The molecule has 0 spiro atoms. The molecule has 0 bridgehead atoms. The van der Waals surface area contributed by atoms with Gasteiger partial charge in [0, 0.05) is 6.42 Å². The molecule has 1 amide bonds. The van der Waals surface area contributed by atoms with Gasteiger partial charge in [0.25, 0.3) is 0 Å². The number of aliphatic hydroxyl groups excluding tert-OH is 11. The van der Waals surface area contributed by atoms with Crippen LogP contribution in [0.15, 0.2) is 122 Å². The number of allylic oxidation sites excluding steroid dienone is 19. The van der Waals surface area contributed by atoms with E-state index in [4.69, 9.17) is 28.4 Å². The van der Waals surface area contributed by atoms with Crippen LogP contribution in [0.3, 0.4) is 0 Å². The number of aliphatic hydroxyl groups is 11. The van der Waals surface area contributed by atoms with Crippen LogP contribution in [-0.4, -0.2) is 193 Å². The van der Waals surface area contributed by atoms with Gasteiger partial charge in [0.2, 0.25) is 5.91 Å². The second-order valence-corrected chi connectivity index (χ2v) is 22.5. The summed E-state index contributed by atoms with van der Waals surface area (Å²) >= 11 is 0. The van der Waals surface area contributed by atoms with E-state index in [1.807, 2.05) is 6.08 Å². The monoisotopic (exact) mass is 1230 g/mol. The van der Waals surface area contributed by atoms with E-state index in [9.17, 15) is 61.0 Å². The fourth-order valence-corrected chi connectivity index (χ4v) is 10.0. The fraction of sp³-hybridized carbons (Fsp3) is 0.691. The first-order valence-electron chi connectivity index (χ1n) is 32.3. The Kier molecular flexibility index (Phi) is 43.6. The van der Waals surface area contributed by atoms with E-state index < -0.39 is 124 Å². The van der Waals surface area contributed by atoms with Gasteiger partial charge in [-0.15, -0.1) is 0 Å². The van der Waals surface area contributed by atoms with Crippen LogP contribution in [0.2, 0.25) is 0 Å². The number of carbonyl (C=O) groups is 1. The van der Waals surface area contributed by atoms with Gasteiger partial charge in [-0.2, -0.15) is 0 Å². The van der Waals surface area contributed by atoms with Gasteiger partial charge in [-0.25, -0.2) is 0 Å². The third-order valence-electron chi connectivity index (χ3n) is 15.3. The van der Waals surface area contributed by atoms with E-state index in [1.54, 1.807) is 6.08 Å². The number of unbranched alkanes of at least 4 members (excludes halogenated alkanes) is 12. The lowest BCUT2D eigenvalue weighted by atomic mass is 9.96. The van der Waals surface area contributed by atoms with Gasteiger partial charge in [-0.05, 0) is 89.9 Å². The van der Waals surface area contributed by atoms with Crippen LogP contribution in [0.4, 0.5) is 0 Å². The van der Waals surface area contributed by atoms with Crippen LogP contribution in [0.25, 0.3) is 0 Å². The van der Waals surface area contributed by atoms with Crippen LogP contribution >= 0.6 is 0 Å². The minimum Gasteiger partial charge on any atom is -0.394 e. The molecule has 3 aliphatic heterocycles. The first-order chi connectivity index (χ1) is 42.3. The van der Waals surface area contributed by atoms with Crippen molar-refractivity contribution in [3.63, 3.8) is 0 Å². The first-order valence-corrected chi connectivity index (χ1v) is 32.3. The summed E-state index contributed by atoms with van der Waals surface area (Å²) < 4.78 is 34.2. The average Bonchev–Trinajstić information content (AvgIpc) is 1.04. The summed E-state index contributed by atoms with van der Waals surface area (Å²) in [6, 6.07) is -0.991. The Balaban J connectivity index is 1.38. The summed E-state index contributed by atoms with van der Waals surface area (Å²) in [4.78, 5) is 13.3. The van der Waals surface area contributed by atoms with E-state index >= 15 is 0 Å². The largest absolute Gasteiger partial charge is 0.394 e. The Hall–Kier alpha value is -3.81. The van der Waals surface area contributed by atoms with E-state index in [2.05, 4.69) is 129 Å². The smallest absolute Gasteiger partial charge is 0.220 e. The maximum atomic E-state index is 13.3. The molecule has 0 aliphatic carbocycles. The third-order valence-corrected chi connectivity index (χ3v) is 15.3. The molecule has 3 heterocycles. The molecule has 496 valence electrons. The molecular formula is C68H111NO18. The normalized spacial score (nSPS) is 29.4. The molecule has 3 rings (SSSR count). The Morgan fingerprint density at radius 1 is 0.425 bits per heavy atom. The number of ether oxygens (including phenoxy) is 6. The lowest BCUT2D eigenvalue weighted by Gasteiger charge is -2.48. The SMILES string of the molecule is CC/C=C\C/C=C\C/C=C\C/C=C\C/C=C\C/C=C\C/C=C\C/C=C\C/C=C\CCCCCCCC(=O)NC(COC1OC(CO)C(OC2OC(CO)C(OC3OC(CO)C(O)C(O)C3O)C(O)C2O)C(O)C1O)C(O)/C=C/CCCCCCCCC. The first kappa shape index (κ1) is 77.4. The molecule has 3 fully saturated rings. The van der Waals surface area contributed by atoms with Gasteiger partial charge < -0.3 is 89.9 Å². The minimum atomic E-state index is -1.98. The number of carbonyl (C=O) groups excluding carboxylic acids is 1. The molecule has 0 aromatic rings. The van der Waals surface area contributed by atoms with Crippen LogP contribution < -0.4 is 5.32 Å². The summed E-state index contributed by atoms with van der Waals surface area (Å²) in [5.74, 6) is -0.304. The van der Waals surface area contributed by atoms with Crippen molar-refractivity contribution in [1.82, 2.24) is 5.32 Å². The van der Waals surface area contributed by atoms with Crippen molar-refractivity contribution in [1.29, 1.82) is 0 Å². The maximum absolute atomic E-state index is 13.3. The highest BCUT2D eigenvalue weighted by Gasteiger charge is 2.53. The van der Waals surface area contributed by atoms with Crippen molar-refractivity contribution in [2.45, 2.75) is 272 Å². The third kappa shape index (κ3) is 31.7. The van der Waals surface area contributed by atoms with Crippen molar-refractivity contribution < 1.29 is 89.4 Å². The zero-order valence-corrected chi connectivity index (χ0v) is 51.9. The molecule has 17 atom stereocenters. The topological polar surface area (TPSA) is 307 Å². The van der Waals surface area contributed by atoms with Crippen molar-refractivity contribution in [2.24, 2.45) is 0 Å². The van der Waals surface area contributed by atoms with Crippen molar-refractivity contribution >= 4 is 5.91 Å². The van der Waals surface area contributed by atoms with Gasteiger partial charge in [0.05, 0.1) is 38.6 Å². The summed E-state index contributed by atoms with van der Waals surface area (Å²) in [7, 11) is 0. The number of amides is 1. The average molecular weight is 1230 g/mol. The number of nitrogens with one attached hydrogen (secondary N) is 1. The summed E-state index contributed by atoms with van der Waals surface area (Å²) in [6.45, 7) is 1.52. The van der Waals surface area contributed by atoms with Crippen molar-refractivity contribution in [3.8, 4) is 0 Å². The summed E-state index contributed by atoms with van der Waals surface area (Å²) in [6.07, 6.45) is 39.2. The zero-order chi connectivity index (χ0) is 63.3. The van der Waals surface area contributed by atoms with Crippen LogP contribution in [0.5, 0.6) is 0 Å². The van der Waals surface area contributed by atoms with Gasteiger partial charge in [0.15, 0.2) is 18.9 Å². The maximum Gasteiger partial charge on any atom is 0.220 e. The molecule has 0 saturated carbocycles. The van der Waals surface area contributed by atoms with Gasteiger partial charge in [-0.1, -0.05) is 193 Å². The Morgan fingerprint density at radius 2 is 0.793 bits per heavy atom. The lowest BCUT2D eigenvalue weighted by Crippen LogP contribution is -2.66. The van der Waals surface area contributed by atoms with Crippen LogP contribution in [0, 0.1) is 0 Å². The highest BCUT2D eigenvalue weighted by atomic mass is 16.8. The molecule has 0 radical (unpaired) electrons. The molecule has 0 aromatic heterocycles. The molecule has 3 saturated heterocycles.